The third-order valence-electron chi connectivity index (χ3n) is 0. The van der Waals surface area contributed by atoms with Gasteiger partial charge in [0.2, 0.25) is 0 Å². The Hall–Kier alpha value is 1.17. The van der Waals surface area contributed by atoms with Gasteiger partial charge in [-0.05, 0) is 6.16 Å². The molecule has 56 valence electrons. The Morgan fingerprint density at radius 1 is 1.09 bits per heavy atom. The summed E-state index contributed by atoms with van der Waals surface area (Å²) in [5.74, 6) is 0. The smallest absolute Gasteiger partial charge is 0.759 e. The minimum atomic E-state index is -5.17. The molecule has 0 saturated heterocycles. The molecule has 0 heterocycles. The van der Waals surface area contributed by atoms with Gasteiger partial charge in [0, 0.05) is 10.4 Å². The number of carbonyl (C=O) groups excluding carboxylic acids is 1. The van der Waals surface area contributed by atoms with E-state index in [9.17, 15) is 0 Å². The van der Waals surface area contributed by atoms with Crippen LogP contribution in [0.2, 0.25) is 0 Å². The Kier molecular flexibility index (Phi) is 23.1. The van der Waals surface area contributed by atoms with Crippen molar-refractivity contribution >= 4 is 77.3 Å². The molecule has 0 saturated carbocycles. The van der Waals surface area contributed by atoms with Crippen LogP contribution in [0.4, 0.5) is 4.79 Å². The molecule has 0 aromatic heterocycles. The molecule has 10 heteroatoms. The molecule has 0 aliphatic rings. The summed E-state index contributed by atoms with van der Waals surface area (Å²) in [6.07, 6.45) is -2.33. The Labute approximate surface area is 109 Å². The van der Waals surface area contributed by atoms with E-state index in [1.54, 1.807) is 0 Å². The average molecular weight is 220 g/mol. The van der Waals surface area contributed by atoms with E-state index in [2.05, 4.69) is 0 Å². The van der Waals surface area contributed by atoms with Crippen LogP contribution in [0.1, 0.15) is 0 Å². The average Bonchev–Trinajstić information content (AvgIpc) is 1.19. The summed E-state index contributed by atoms with van der Waals surface area (Å²) in [7, 11) is -5.17. The van der Waals surface area contributed by atoms with Crippen molar-refractivity contribution in [3.8, 4) is 0 Å². The maximum Gasteiger partial charge on any atom is 2.00 e. The Morgan fingerprint density at radius 2 is 1.09 bits per heavy atom. The van der Waals surface area contributed by atoms with Crippen molar-refractivity contribution in [1.29, 1.82) is 0 Å². The van der Waals surface area contributed by atoms with Crippen LogP contribution >= 0.6 is 0 Å². The maximum atomic E-state index is 8.52. The minimum absolute atomic E-state index is 0. The fourth-order valence-electron chi connectivity index (χ4n) is 0. The van der Waals surface area contributed by atoms with Gasteiger partial charge in [0.05, 0.1) is 0 Å². The van der Waals surface area contributed by atoms with E-state index in [-0.39, 0.29) is 60.8 Å². The maximum absolute atomic E-state index is 8.52. The molecule has 0 unspecified atom stereocenters. The second-order valence-electron chi connectivity index (χ2n) is 0.658. The first-order valence-corrected chi connectivity index (χ1v) is 2.61. The van der Waals surface area contributed by atoms with E-state index in [0.717, 1.165) is 0 Å². The van der Waals surface area contributed by atoms with Crippen molar-refractivity contribution < 1.29 is 32.5 Å². The second-order valence-corrected chi connectivity index (χ2v) is 1.47. The number of hydrogen-bond donors (Lipinski definition) is 0. The molecule has 0 bridgehead atoms. The molecule has 0 rings (SSSR count). The van der Waals surface area contributed by atoms with Gasteiger partial charge in [-0.2, -0.15) is 0 Å². The predicted molar refractivity (Wildman–Crippen MR) is 27.4 cm³/mol. The Bertz CT molecular complexity index is 161. The van der Waals surface area contributed by atoms with Gasteiger partial charge in [0.25, 0.3) is 0 Å². The van der Waals surface area contributed by atoms with E-state index in [4.69, 9.17) is 32.5 Å². The molecule has 0 spiro atoms. The van der Waals surface area contributed by atoms with Gasteiger partial charge < -0.3 is 24.1 Å². The van der Waals surface area contributed by atoms with E-state index in [1.807, 2.05) is 0 Å². The molecular formula is CCaMgO7S. The molecule has 0 atom stereocenters. The van der Waals surface area contributed by atoms with Gasteiger partial charge in [-0.15, -0.1) is 0 Å². The SMILES string of the molecule is O=C([O-])[O-].O=S(=O)([O-])[O-].[Ca+2].[Mg+2]. The number of rotatable bonds is 0. The zero-order chi connectivity index (χ0) is 8.08. The van der Waals surface area contributed by atoms with E-state index >= 15 is 0 Å². The van der Waals surface area contributed by atoms with Crippen LogP contribution in [0.3, 0.4) is 0 Å². The van der Waals surface area contributed by atoms with Gasteiger partial charge in [-0.3, -0.25) is 8.42 Å². The van der Waals surface area contributed by atoms with Crippen LogP contribution in [-0.2, 0) is 10.4 Å². The monoisotopic (exact) mass is 220 g/mol. The molecule has 0 radical (unpaired) electrons. The zero-order valence-electron chi connectivity index (χ0n) is 5.18. The quantitative estimate of drug-likeness (QED) is 0.227. The van der Waals surface area contributed by atoms with Crippen LogP contribution in [-0.4, -0.2) is 84.5 Å². The summed E-state index contributed by atoms with van der Waals surface area (Å²) in [6, 6.07) is 0. The molecular weight excluding hydrogens is 220 g/mol. The molecule has 7 nitrogen and oxygen atoms in total. The molecule has 0 fully saturated rings. The molecule has 11 heavy (non-hydrogen) atoms. The molecule has 0 aromatic carbocycles. The molecule has 0 aliphatic heterocycles. The summed E-state index contributed by atoms with van der Waals surface area (Å²) < 4.78 is 34.1. The van der Waals surface area contributed by atoms with Crippen molar-refractivity contribution in [2.45, 2.75) is 0 Å². The normalized spacial score (nSPS) is 7.45. The summed E-state index contributed by atoms with van der Waals surface area (Å²) in [6.45, 7) is 0. The third kappa shape index (κ3) is 690. The first kappa shape index (κ1) is 22.7. The minimum Gasteiger partial charge on any atom is -0.759 e. The third-order valence-corrected chi connectivity index (χ3v) is 0. The molecule has 0 aromatic rings. The van der Waals surface area contributed by atoms with Crippen molar-refractivity contribution in [3.05, 3.63) is 0 Å². The van der Waals surface area contributed by atoms with Crippen molar-refractivity contribution in [2.24, 2.45) is 0 Å². The Morgan fingerprint density at radius 3 is 1.09 bits per heavy atom. The first-order valence-electron chi connectivity index (χ1n) is 1.28. The van der Waals surface area contributed by atoms with Gasteiger partial charge in [0.15, 0.2) is 0 Å². The second kappa shape index (κ2) is 11.2. The summed E-state index contributed by atoms with van der Waals surface area (Å²) >= 11 is 0. The van der Waals surface area contributed by atoms with Crippen molar-refractivity contribution in [3.63, 3.8) is 0 Å². The van der Waals surface area contributed by atoms with Crippen LogP contribution in [0.5, 0.6) is 0 Å². The van der Waals surface area contributed by atoms with Gasteiger partial charge >= 0.3 is 60.8 Å². The topological polar surface area (TPSA) is 143 Å². The predicted octanol–water partition coefficient (Wildman–Crippen LogP) is -4.55. The van der Waals surface area contributed by atoms with E-state index < -0.39 is 16.6 Å². The van der Waals surface area contributed by atoms with E-state index in [0.29, 0.717) is 0 Å². The standard InChI is InChI=1S/CH2O3.Ca.Mg.H2O4S/c2-1(3)4;;;1-5(2,3)4/h(H2,2,3,4);;;(H2,1,2,3,4)/q;2*+2;/p-4. The van der Waals surface area contributed by atoms with Crippen molar-refractivity contribution in [2.75, 3.05) is 0 Å². The largest absolute Gasteiger partial charge is 2.00 e. The van der Waals surface area contributed by atoms with Gasteiger partial charge in [0.1, 0.15) is 0 Å². The van der Waals surface area contributed by atoms with Crippen LogP contribution < -0.4 is 10.2 Å². The number of hydrogen-bond acceptors (Lipinski definition) is 7. The van der Waals surface area contributed by atoms with Crippen LogP contribution in [0.15, 0.2) is 0 Å². The number of carboxylic acid groups (broad SMARTS) is 2. The Balaban J connectivity index is -0.0000000383. The van der Waals surface area contributed by atoms with Gasteiger partial charge in [-0.1, -0.05) is 0 Å². The van der Waals surface area contributed by atoms with Crippen LogP contribution in [0.25, 0.3) is 0 Å². The molecule has 0 aliphatic carbocycles. The fraction of sp³-hybridized carbons (Fsp3) is 0. The number of carbonyl (C=O) groups is 1. The summed E-state index contributed by atoms with van der Waals surface area (Å²) in [5.41, 5.74) is 0. The first-order chi connectivity index (χ1) is 3.73. The fourth-order valence-corrected chi connectivity index (χ4v) is 0. The van der Waals surface area contributed by atoms with Gasteiger partial charge in [-0.25, -0.2) is 0 Å². The molecule has 0 amide bonds. The van der Waals surface area contributed by atoms with Crippen molar-refractivity contribution in [1.82, 2.24) is 0 Å². The van der Waals surface area contributed by atoms with E-state index in [1.165, 1.54) is 0 Å². The summed E-state index contributed by atoms with van der Waals surface area (Å²) in [4.78, 5) is 8.33. The zero-order valence-corrected chi connectivity index (χ0v) is 9.62. The van der Waals surface area contributed by atoms with Crippen LogP contribution in [0, 0.1) is 0 Å². The summed E-state index contributed by atoms with van der Waals surface area (Å²) in [5, 5.41) is 16.7. The molecule has 0 N–H and O–H groups in total.